The third kappa shape index (κ3) is 13.4. The third-order valence-corrected chi connectivity index (χ3v) is 2.84. The van der Waals surface area contributed by atoms with Crippen molar-refractivity contribution in [2.24, 2.45) is 5.41 Å². The quantitative estimate of drug-likeness (QED) is 0.232. The molecule has 0 spiro atoms. The van der Waals surface area contributed by atoms with Crippen LogP contribution in [0.1, 0.15) is 78.6 Å². The molecule has 0 heterocycles. The maximum Gasteiger partial charge on any atom is 0.257 e. The van der Waals surface area contributed by atoms with Crippen LogP contribution in [0.3, 0.4) is 0 Å². The van der Waals surface area contributed by atoms with E-state index >= 15 is 0 Å². The Bertz CT molecular complexity index is 197. The van der Waals surface area contributed by atoms with Crippen LogP contribution in [0.2, 0.25) is 0 Å². The van der Waals surface area contributed by atoms with Crippen molar-refractivity contribution in [2.75, 3.05) is 0 Å². The van der Waals surface area contributed by atoms with E-state index in [9.17, 15) is 0 Å². The fraction of sp³-hybridized carbons (Fsp3) is 0.929. The topological polar surface area (TPSA) is 36.4 Å². The van der Waals surface area contributed by atoms with Crippen LogP contribution < -0.4 is 0 Å². The fourth-order valence-electron chi connectivity index (χ4n) is 1.83. The summed E-state index contributed by atoms with van der Waals surface area (Å²) in [5.74, 6) is 0. The summed E-state index contributed by atoms with van der Waals surface area (Å²) >= 11 is 0. The zero-order valence-corrected chi connectivity index (χ0v) is 11.3. The lowest BCUT2D eigenvalue weighted by Gasteiger charge is -2.17. The highest BCUT2D eigenvalue weighted by molar-refractivity contribution is 5.49. The SMILES string of the molecule is CC(C)(C)CCCCCCCCCC=[N+]=[N-]. The predicted octanol–water partition coefficient (Wildman–Crippen LogP) is 4.84. The first-order valence-corrected chi connectivity index (χ1v) is 6.72. The molecule has 0 rings (SSSR count). The van der Waals surface area contributed by atoms with E-state index in [0.29, 0.717) is 5.41 Å². The molecular weight excluding hydrogens is 196 g/mol. The molecule has 16 heavy (non-hydrogen) atoms. The van der Waals surface area contributed by atoms with Crippen molar-refractivity contribution in [3.63, 3.8) is 0 Å². The molecule has 0 saturated carbocycles. The molecule has 0 N–H and O–H groups in total. The highest BCUT2D eigenvalue weighted by Crippen LogP contribution is 2.22. The zero-order valence-electron chi connectivity index (χ0n) is 11.3. The minimum absolute atomic E-state index is 0.504. The average Bonchev–Trinajstić information content (AvgIpc) is 2.19. The molecule has 0 fully saturated rings. The first kappa shape index (κ1) is 15.4. The molecule has 0 bridgehead atoms. The van der Waals surface area contributed by atoms with Gasteiger partial charge < -0.3 is 5.53 Å². The zero-order chi connectivity index (χ0) is 12.3. The molecule has 0 aliphatic rings. The number of rotatable bonds is 9. The van der Waals surface area contributed by atoms with Gasteiger partial charge in [-0.25, -0.2) is 0 Å². The van der Waals surface area contributed by atoms with Crippen molar-refractivity contribution in [3.05, 3.63) is 5.53 Å². The normalized spacial score (nSPS) is 11.2. The van der Waals surface area contributed by atoms with Crippen molar-refractivity contribution in [2.45, 2.75) is 78.6 Å². The van der Waals surface area contributed by atoms with Gasteiger partial charge in [0.25, 0.3) is 6.21 Å². The summed E-state index contributed by atoms with van der Waals surface area (Å²) in [6.07, 6.45) is 13.1. The summed E-state index contributed by atoms with van der Waals surface area (Å²) in [5.41, 5.74) is 8.70. The van der Waals surface area contributed by atoms with Crippen LogP contribution in [0.4, 0.5) is 0 Å². The van der Waals surface area contributed by atoms with Crippen LogP contribution in [0.5, 0.6) is 0 Å². The van der Waals surface area contributed by atoms with Crippen LogP contribution in [-0.4, -0.2) is 11.0 Å². The van der Waals surface area contributed by atoms with Gasteiger partial charge in [-0.15, -0.1) is 0 Å². The summed E-state index contributed by atoms with van der Waals surface area (Å²) in [5, 5.41) is 0. The van der Waals surface area contributed by atoms with E-state index in [2.05, 4.69) is 25.6 Å². The standard InChI is InChI=1S/C14H28N2/c1-14(2,3)12-10-8-6-4-5-7-9-11-13-16-15/h13H,4-12H2,1-3H3. The monoisotopic (exact) mass is 224 g/mol. The summed E-state index contributed by atoms with van der Waals surface area (Å²) < 4.78 is 0. The Morgan fingerprint density at radius 3 is 1.88 bits per heavy atom. The Morgan fingerprint density at radius 2 is 1.38 bits per heavy atom. The van der Waals surface area contributed by atoms with Crippen molar-refractivity contribution in [3.8, 4) is 0 Å². The second kappa shape index (κ2) is 9.59. The second-order valence-electron chi connectivity index (χ2n) is 5.87. The molecule has 2 heteroatoms. The van der Waals surface area contributed by atoms with Crippen LogP contribution in [0.15, 0.2) is 0 Å². The molecule has 0 saturated heterocycles. The molecule has 94 valence electrons. The van der Waals surface area contributed by atoms with Gasteiger partial charge in [0.2, 0.25) is 0 Å². The van der Waals surface area contributed by atoms with Gasteiger partial charge in [-0.2, -0.15) is 4.79 Å². The Kier molecular flexibility index (Phi) is 9.22. The molecule has 0 radical (unpaired) electrons. The highest BCUT2D eigenvalue weighted by Gasteiger charge is 2.08. The molecular formula is C14H28N2. The lowest BCUT2D eigenvalue weighted by Crippen LogP contribution is -2.03. The van der Waals surface area contributed by atoms with Crippen LogP contribution >= 0.6 is 0 Å². The van der Waals surface area contributed by atoms with Gasteiger partial charge in [0.05, 0.1) is 0 Å². The van der Waals surface area contributed by atoms with Gasteiger partial charge in [0.15, 0.2) is 0 Å². The summed E-state index contributed by atoms with van der Waals surface area (Å²) in [4.78, 5) is 2.99. The Hall–Kier alpha value is -0.620. The van der Waals surface area contributed by atoms with Crippen molar-refractivity contribution < 1.29 is 4.79 Å². The number of hydrogen-bond acceptors (Lipinski definition) is 0. The molecule has 0 amide bonds. The van der Waals surface area contributed by atoms with Crippen LogP contribution in [0.25, 0.3) is 5.53 Å². The highest BCUT2D eigenvalue weighted by atomic mass is 14.8. The van der Waals surface area contributed by atoms with E-state index in [0.717, 1.165) is 12.8 Å². The largest absolute Gasteiger partial charge is 0.362 e. The summed E-state index contributed by atoms with van der Waals surface area (Å²) in [6.45, 7) is 6.95. The van der Waals surface area contributed by atoms with Crippen molar-refractivity contribution >= 4 is 6.21 Å². The Morgan fingerprint density at radius 1 is 0.875 bits per heavy atom. The minimum Gasteiger partial charge on any atom is -0.362 e. The smallest absolute Gasteiger partial charge is 0.257 e. The van der Waals surface area contributed by atoms with Gasteiger partial charge in [0, 0.05) is 6.42 Å². The van der Waals surface area contributed by atoms with E-state index in [1.54, 1.807) is 6.21 Å². The Balaban J connectivity index is 3.07. The van der Waals surface area contributed by atoms with E-state index in [1.807, 2.05) is 0 Å². The second-order valence-corrected chi connectivity index (χ2v) is 5.87. The van der Waals surface area contributed by atoms with Crippen LogP contribution in [0, 0.1) is 5.41 Å². The van der Waals surface area contributed by atoms with E-state index < -0.39 is 0 Å². The molecule has 0 aliphatic carbocycles. The van der Waals surface area contributed by atoms with E-state index in [4.69, 9.17) is 5.53 Å². The first-order valence-electron chi connectivity index (χ1n) is 6.72. The van der Waals surface area contributed by atoms with Gasteiger partial charge >= 0.3 is 0 Å². The van der Waals surface area contributed by atoms with Gasteiger partial charge in [-0.3, -0.25) is 0 Å². The number of hydrogen-bond donors (Lipinski definition) is 0. The van der Waals surface area contributed by atoms with Crippen LogP contribution in [-0.2, 0) is 0 Å². The number of nitrogens with zero attached hydrogens (tertiary/aromatic N) is 2. The lowest BCUT2D eigenvalue weighted by atomic mass is 9.89. The fourth-order valence-corrected chi connectivity index (χ4v) is 1.83. The Labute approximate surface area is 101 Å². The lowest BCUT2D eigenvalue weighted by molar-refractivity contribution is 0.000733. The van der Waals surface area contributed by atoms with Crippen molar-refractivity contribution in [1.82, 2.24) is 0 Å². The molecule has 2 nitrogen and oxygen atoms in total. The molecule has 0 aromatic heterocycles. The van der Waals surface area contributed by atoms with Gasteiger partial charge in [-0.1, -0.05) is 59.3 Å². The minimum atomic E-state index is 0.504. The number of unbranched alkanes of at least 4 members (excludes halogenated alkanes) is 7. The maximum atomic E-state index is 8.20. The van der Waals surface area contributed by atoms with E-state index in [1.165, 1.54) is 44.9 Å². The predicted molar refractivity (Wildman–Crippen MR) is 70.7 cm³/mol. The third-order valence-electron chi connectivity index (χ3n) is 2.84. The molecule has 0 unspecified atom stereocenters. The molecule has 0 atom stereocenters. The summed E-state index contributed by atoms with van der Waals surface area (Å²) in [7, 11) is 0. The first-order chi connectivity index (χ1) is 7.56. The van der Waals surface area contributed by atoms with Gasteiger partial charge in [-0.05, 0) is 18.3 Å². The van der Waals surface area contributed by atoms with Gasteiger partial charge in [0.1, 0.15) is 0 Å². The maximum absolute atomic E-state index is 8.20. The molecule has 0 aliphatic heterocycles. The van der Waals surface area contributed by atoms with Crippen molar-refractivity contribution in [1.29, 1.82) is 0 Å². The summed E-state index contributed by atoms with van der Waals surface area (Å²) in [6, 6.07) is 0. The molecule has 0 aromatic carbocycles. The molecule has 0 aromatic rings. The van der Waals surface area contributed by atoms with E-state index in [-0.39, 0.29) is 0 Å². The average molecular weight is 224 g/mol.